The van der Waals surface area contributed by atoms with E-state index in [1.807, 2.05) is 6.07 Å². The zero-order valence-corrected chi connectivity index (χ0v) is 10.8. The summed E-state index contributed by atoms with van der Waals surface area (Å²) in [7, 11) is 1.58. The van der Waals surface area contributed by atoms with Crippen LogP contribution in [0, 0.1) is 0 Å². The Morgan fingerprint density at radius 1 is 1.61 bits per heavy atom. The van der Waals surface area contributed by atoms with Crippen LogP contribution in [-0.4, -0.2) is 42.4 Å². The van der Waals surface area contributed by atoms with E-state index in [0.717, 1.165) is 31.4 Å². The lowest BCUT2D eigenvalue weighted by Crippen LogP contribution is -2.30. The summed E-state index contributed by atoms with van der Waals surface area (Å²) < 4.78 is 5.20. The minimum atomic E-state index is -0.124. The normalized spacial score (nSPS) is 12.3. The van der Waals surface area contributed by atoms with Gasteiger partial charge in [0.25, 0.3) is 0 Å². The number of nitrogens with two attached hydrogens (primary N) is 1. The standard InChI is InChI=1S/C12H22N4O2/c1-14-12(17)9-18-8-10(13)4-2-3-5-11-6-7-15-16-11/h6-7,10H,2-5,8-9,13H2,1H3,(H,14,17)(H,15,16). The third-order valence-corrected chi connectivity index (χ3v) is 2.67. The van der Waals surface area contributed by atoms with E-state index in [-0.39, 0.29) is 18.6 Å². The molecule has 4 N–H and O–H groups in total. The number of rotatable bonds is 9. The topological polar surface area (TPSA) is 93.0 Å². The van der Waals surface area contributed by atoms with Crippen molar-refractivity contribution in [2.75, 3.05) is 20.3 Å². The minimum absolute atomic E-state index is 0.00331. The number of hydrogen-bond acceptors (Lipinski definition) is 4. The molecule has 1 amide bonds. The molecule has 6 nitrogen and oxygen atoms in total. The van der Waals surface area contributed by atoms with Crippen molar-refractivity contribution in [1.29, 1.82) is 0 Å². The summed E-state index contributed by atoms with van der Waals surface area (Å²) in [6, 6.07) is 1.98. The van der Waals surface area contributed by atoms with E-state index in [9.17, 15) is 4.79 Å². The third-order valence-electron chi connectivity index (χ3n) is 2.67. The van der Waals surface area contributed by atoms with Crippen molar-refractivity contribution < 1.29 is 9.53 Å². The zero-order chi connectivity index (χ0) is 13.2. The van der Waals surface area contributed by atoms with Gasteiger partial charge in [0.1, 0.15) is 6.61 Å². The number of nitrogens with zero attached hydrogens (tertiary/aromatic N) is 1. The first kappa shape index (κ1) is 14.7. The van der Waals surface area contributed by atoms with Gasteiger partial charge in [-0.2, -0.15) is 5.10 Å². The summed E-state index contributed by atoms with van der Waals surface area (Å²) in [5.74, 6) is -0.124. The van der Waals surface area contributed by atoms with Crippen LogP contribution in [0.1, 0.15) is 25.0 Å². The first-order valence-corrected chi connectivity index (χ1v) is 6.24. The highest BCUT2D eigenvalue weighted by molar-refractivity contribution is 5.76. The van der Waals surface area contributed by atoms with Crippen LogP contribution in [0.15, 0.2) is 12.3 Å². The van der Waals surface area contributed by atoms with Crippen LogP contribution >= 0.6 is 0 Å². The van der Waals surface area contributed by atoms with Crippen molar-refractivity contribution in [2.24, 2.45) is 5.73 Å². The van der Waals surface area contributed by atoms with Crippen LogP contribution in [-0.2, 0) is 16.0 Å². The molecule has 0 aromatic carbocycles. The molecule has 1 atom stereocenters. The SMILES string of the molecule is CNC(=O)COCC(N)CCCCc1ccn[nH]1. The number of carbonyl (C=O) groups is 1. The predicted molar refractivity (Wildman–Crippen MR) is 69.0 cm³/mol. The van der Waals surface area contributed by atoms with Crippen LogP contribution in [0.4, 0.5) is 0 Å². The molecule has 0 spiro atoms. The summed E-state index contributed by atoms with van der Waals surface area (Å²) in [6.07, 6.45) is 5.77. The van der Waals surface area contributed by atoms with Crippen LogP contribution in [0.5, 0.6) is 0 Å². The van der Waals surface area contributed by atoms with Crippen molar-refractivity contribution in [3.63, 3.8) is 0 Å². The molecule has 0 saturated carbocycles. The average Bonchev–Trinajstić information content (AvgIpc) is 2.87. The van der Waals surface area contributed by atoms with Gasteiger partial charge in [-0.15, -0.1) is 0 Å². The molecule has 0 fully saturated rings. The van der Waals surface area contributed by atoms with Gasteiger partial charge < -0.3 is 15.8 Å². The van der Waals surface area contributed by atoms with Crippen LogP contribution in [0.2, 0.25) is 0 Å². The number of aromatic amines is 1. The number of hydrogen-bond donors (Lipinski definition) is 3. The maximum absolute atomic E-state index is 10.9. The Kier molecular flexibility index (Phi) is 7.05. The number of carbonyl (C=O) groups excluding carboxylic acids is 1. The molecule has 6 heteroatoms. The summed E-state index contributed by atoms with van der Waals surface area (Å²) in [5.41, 5.74) is 7.04. The van der Waals surface area contributed by atoms with Crippen molar-refractivity contribution in [2.45, 2.75) is 31.7 Å². The maximum Gasteiger partial charge on any atom is 0.245 e. The first-order chi connectivity index (χ1) is 8.72. The average molecular weight is 254 g/mol. The molecule has 0 aliphatic carbocycles. The summed E-state index contributed by atoms with van der Waals surface area (Å²) >= 11 is 0. The molecule has 0 radical (unpaired) electrons. The molecular weight excluding hydrogens is 232 g/mol. The van der Waals surface area contributed by atoms with Crippen LogP contribution in [0.3, 0.4) is 0 Å². The lowest BCUT2D eigenvalue weighted by molar-refractivity contribution is -0.125. The molecule has 0 aliphatic rings. The fourth-order valence-electron chi connectivity index (χ4n) is 1.60. The molecule has 0 saturated heterocycles. The van der Waals surface area contributed by atoms with E-state index in [1.54, 1.807) is 13.2 Å². The summed E-state index contributed by atoms with van der Waals surface area (Å²) in [6.45, 7) is 0.510. The molecule has 0 aliphatic heterocycles. The van der Waals surface area contributed by atoms with E-state index >= 15 is 0 Å². The van der Waals surface area contributed by atoms with Gasteiger partial charge in [-0.25, -0.2) is 0 Å². The Bertz CT molecular complexity index is 327. The Morgan fingerprint density at radius 3 is 3.11 bits per heavy atom. The molecule has 102 valence electrons. The molecule has 1 aromatic heterocycles. The number of aryl methyl sites for hydroxylation is 1. The largest absolute Gasteiger partial charge is 0.370 e. The molecule has 1 heterocycles. The zero-order valence-electron chi connectivity index (χ0n) is 10.8. The lowest BCUT2D eigenvalue weighted by atomic mass is 10.1. The Balaban J connectivity index is 1.96. The van der Waals surface area contributed by atoms with Crippen LogP contribution in [0.25, 0.3) is 0 Å². The van der Waals surface area contributed by atoms with Crippen molar-refractivity contribution >= 4 is 5.91 Å². The lowest BCUT2D eigenvalue weighted by Gasteiger charge is -2.11. The second kappa shape index (κ2) is 8.66. The van der Waals surface area contributed by atoms with Gasteiger partial charge in [-0.1, -0.05) is 6.42 Å². The number of ether oxygens (including phenoxy) is 1. The van der Waals surface area contributed by atoms with Gasteiger partial charge in [0.05, 0.1) is 6.61 Å². The number of nitrogens with one attached hydrogen (secondary N) is 2. The van der Waals surface area contributed by atoms with Crippen molar-refractivity contribution in [1.82, 2.24) is 15.5 Å². The summed E-state index contributed by atoms with van der Waals surface area (Å²) in [4.78, 5) is 10.9. The van der Waals surface area contributed by atoms with E-state index in [1.165, 1.54) is 0 Å². The number of amides is 1. The molecule has 1 unspecified atom stereocenters. The van der Waals surface area contributed by atoms with Gasteiger partial charge >= 0.3 is 0 Å². The Morgan fingerprint density at radius 2 is 2.44 bits per heavy atom. The predicted octanol–water partition coefficient (Wildman–Crippen LogP) is 0.212. The molecular formula is C12H22N4O2. The first-order valence-electron chi connectivity index (χ1n) is 6.24. The summed E-state index contributed by atoms with van der Waals surface area (Å²) in [5, 5.41) is 9.31. The van der Waals surface area contributed by atoms with Gasteiger partial charge in [-0.3, -0.25) is 9.89 Å². The monoisotopic (exact) mass is 254 g/mol. The van der Waals surface area contributed by atoms with E-state index in [0.29, 0.717) is 6.61 Å². The number of unbranched alkanes of at least 4 members (excludes halogenated alkanes) is 1. The molecule has 1 aromatic rings. The quantitative estimate of drug-likeness (QED) is 0.549. The highest BCUT2D eigenvalue weighted by Crippen LogP contribution is 2.05. The molecule has 0 bridgehead atoms. The van der Waals surface area contributed by atoms with E-state index in [4.69, 9.17) is 10.5 Å². The fourth-order valence-corrected chi connectivity index (χ4v) is 1.60. The smallest absolute Gasteiger partial charge is 0.245 e. The van der Waals surface area contributed by atoms with Crippen molar-refractivity contribution in [3.05, 3.63) is 18.0 Å². The molecule has 18 heavy (non-hydrogen) atoms. The van der Waals surface area contributed by atoms with Gasteiger partial charge in [0, 0.05) is 25.0 Å². The molecule has 1 rings (SSSR count). The second-order valence-corrected chi connectivity index (χ2v) is 4.28. The van der Waals surface area contributed by atoms with Gasteiger partial charge in [-0.05, 0) is 25.3 Å². The van der Waals surface area contributed by atoms with Gasteiger partial charge in [0.15, 0.2) is 0 Å². The Hall–Kier alpha value is -1.40. The Labute approximate surface area is 107 Å². The number of H-pyrrole nitrogens is 1. The van der Waals surface area contributed by atoms with E-state index < -0.39 is 0 Å². The minimum Gasteiger partial charge on any atom is -0.370 e. The number of likely N-dealkylation sites (N-methyl/N-ethyl adjacent to an activating group) is 1. The van der Waals surface area contributed by atoms with Gasteiger partial charge in [0.2, 0.25) is 5.91 Å². The van der Waals surface area contributed by atoms with Crippen molar-refractivity contribution in [3.8, 4) is 0 Å². The highest BCUT2D eigenvalue weighted by Gasteiger charge is 2.04. The highest BCUT2D eigenvalue weighted by atomic mass is 16.5. The second-order valence-electron chi connectivity index (χ2n) is 4.28. The third kappa shape index (κ3) is 6.36. The fraction of sp³-hybridized carbons (Fsp3) is 0.667. The van der Waals surface area contributed by atoms with Crippen LogP contribution < -0.4 is 11.1 Å². The number of aromatic nitrogens is 2. The maximum atomic E-state index is 10.9. The van der Waals surface area contributed by atoms with E-state index in [2.05, 4.69) is 15.5 Å².